The Morgan fingerprint density at radius 1 is 1.20 bits per heavy atom. The highest BCUT2D eigenvalue weighted by Gasteiger charge is 2.30. The summed E-state index contributed by atoms with van der Waals surface area (Å²) in [6.07, 6.45) is 4.62. The summed E-state index contributed by atoms with van der Waals surface area (Å²) in [5.41, 5.74) is 9.22. The third-order valence-electron chi connectivity index (χ3n) is 6.17. The normalized spacial score (nSPS) is 15.1. The van der Waals surface area contributed by atoms with E-state index < -0.39 is 0 Å². The molecule has 4 rings (SSSR count). The Hall–Kier alpha value is -4.03. The van der Waals surface area contributed by atoms with Crippen LogP contribution in [-0.4, -0.2) is 59.3 Å². The van der Waals surface area contributed by atoms with Gasteiger partial charge < -0.3 is 29.4 Å². The number of benzene rings is 1. The number of amides is 1. The Bertz CT molecular complexity index is 1300. The molecule has 1 aromatic carbocycles. The second kappa shape index (κ2) is 10.5. The molecule has 0 radical (unpaired) electrons. The number of aromatic nitrogens is 3. The molecule has 182 valence electrons. The van der Waals surface area contributed by atoms with Crippen LogP contribution in [0.25, 0.3) is 11.0 Å². The van der Waals surface area contributed by atoms with Crippen molar-refractivity contribution in [3.63, 3.8) is 0 Å². The summed E-state index contributed by atoms with van der Waals surface area (Å²) in [7, 11) is 4.82. The predicted molar refractivity (Wildman–Crippen MR) is 133 cm³/mol. The second-order valence-electron chi connectivity index (χ2n) is 8.21. The van der Waals surface area contributed by atoms with Gasteiger partial charge in [0.2, 0.25) is 5.91 Å². The summed E-state index contributed by atoms with van der Waals surface area (Å²) in [6.45, 7) is 5.19. The van der Waals surface area contributed by atoms with Gasteiger partial charge in [0, 0.05) is 31.8 Å². The summed E-state index contributed by atoms with van der Waals surface area (Å²) < 4.78 is 18.3. The summed E-state index contributed by atoms with van der Waals surface area (Å²) in [4.78, 5) is 23.0. The fourth-order valence-electron chi connectivity index (χ4n) is 4.52. The summed E-state index contributed by atoms with van der Waals surface area (Å²) >= 11 is 0. The lowest BCUT2D eigenvalue weighted by molar-refractivity contribution is -0.127. The van der Waals surface area contributed by atoms with Gasteiger partial charge >= 0.3 is 0 Å². The van der Waals surface area contributed by atoms with Crippen LogP contribution in [-0.2, 0) is 22.7 Å². The van der Waals surface area contributed by atoms with E-state index in [1.807, 2.05) is 21.6 Å². The number of hydrogen-bond donors (Lipinski definition) is 1. The van der Waals surface area contributed by atoms with Crippen LogP contribution in [0.4, 0.5) is 5.82 Å². The number of nitrogens with two attached hydrogens (primary N) is 1. The van der Waals surface area contributed by atoms with E-state index >= 15 is 0 Å². The number of fused-ring (bicyclic) bond motifs is 1. The lowest BCUT2D eigenvalue weighted by atomic mass is 10.1. The van der Waals surface area contributed by atoms with E-state index in [0.717, 1.165) is 24.1 Å². The number of likely N-dealkylation sites (tertiary alicyclic amines) is 1. The van der Waals surface area contributed by atoms with Crippen LogP contribution in [0, 0.1) is 11.8 Å². The van der Waals surface area contributed by atoms with Gasteiger partial charge in [-0.2, -0.15) is 0 Å². The van der Waals surface area contributed by atoms with Gasteiger partial charge in [-0.15, -0.1) is 0 Å². The Kier molecular flexibility index (Phi) is 7.22. The van der Waals surface area contributed by atoms with E-state index in [9.17, 15) is 4.79 Å². The number of hydrogen-bond acceptors (Lipinski definition) is 7. The zero-order valence-corrected chi connectivity index (χ0v) is 20.2. The largest absolute Gasteiger partial charge is 0.497 e. The van der Waals surface area contributed by atoms with E-state index in [2.05, 4.69) is 28.4 Å². The summed E-state index contributed by atoms with van der Waals surface area (Å²) in [6, 6.07) is 5.47. The van der Waals surface area contributed by atoms with E-state index in [-0.39, 0.29) is 11.9 Å². The number of rotatable bonds is 7. The molecule has 1 amide bonds. The first kappa shape index (κ1) is 24.1. The molecule has 2 aromatic heterocycles. The van der Waals surface area contributed by atoms with Crippen LogP contribution in [0.15, 0.2) is 37.2 Å². The molecule has 1 aliphatic heterocycles. The standard InChI is InChI=1S/C26H29N5O4/c1-5-23(32)30-10-6-7-18(30)14-31-22(15-33-2)21(24-25(27)28-16-29-26(24)31)9-8-17-11-19(34-3)13-20(12-17)35-4/h5,11-13,16,18H,1,6-7,10,14-15H2,2-4H3,(H2,27,28,29). The van der Waals surface area contributed by atoms with Crippen molar-refractivity contribution in [3.05, 3.63) is 54.0 Å². The van der Waals surface area contributed by atoms with E-state index in [4.69, 9.17) is 19.9 Å². The highest BCUT2D eigenvalue weighted by Crippen LogP contribution is 2.31. The maximum atomic E-state index is 12.4. The smallest absolute Gasteiger partial charge is 0.246 e. The number of anilines is 1. The first-order chi connectivity index (χ1) is 17.0. The molecule has 0 saturated carbocycles. The number of nitrogens with zero attached hydrogens (tertiary/aromatic N) is 4. The molecular weight excluding hydrogens is 446 g/mol. The first-order valence-electron chi connectivity index (χ1n) is 11.3. The molecule has 3 aromatic rings. The van der Waals surface area contributed by atoms with E-state index in [0.29, 0.717) is 53.6 Å². The average Bonchev–Trinajstić information content (AvgIpc) is 3.46. The van der Waals surface area contributed by atoms with Gasteiger partial charge in [0.1, 0.15) is 29.3 Å². The Labute approximate surface area is 204 Å². The van der Waals surface area contributed by atoms with Gasteiger partial charge in [-0.05, 0) is 31.1 Å². The van der Waals surface area contributed by atoms with Crippen molar-refractivity contribution in [1.82, 2.24) is 19.4 Å². The third kappa shape index (κ3) is 4.79. The van der Waals surface area contributed by atoms with Gasteiger partial charge in [-0.3, -0.25) is 4.79 Å². The van der Waals surface area contributed by atoms with E-state index in [1.54, 1.807) is 27.4 Å². The Morgan fingerprint density at radius 3 is 2.60 bits per heavy atom. The molecule has 0 aliphatic carbocycles. The molecule has 1 saturated heterocycles. The van der Waals surface area contributed by atoms with Crippen LogP contribution >= 0.6 is 0 Å². The van der Waals surface area contributed by atoms with Crippen LogP contribution < -0.4 is 15.2 Å². The number of carbonyl (C=O) groups excluding carboxylic acids is 1. The molecule has 1 aliphatic rings. The molecule has 9 nitrogen and oxygen atoms in total. The third-order valence-corrected chi connectivity index (χ3v) is 6.17. The molecular formula is C26H29N5O4. The fraction of sp³-hybridized carbons (Fsp3) is 0.346. The second-order valence-corrected chi connectivity index (χ2v) is 8.21. The van der Waals surface area contributed by atoms with E-state index in [1.165, 1.54) is 12.4 Å². The van der Waals surface area contributed by atoms with Crippen molar-refractivity contribution < 1.29 is 19.0 Å². The quantitative estimate of drug-likeness (QED) is 0.414. The van der Waals surface area contributed by atoms with Crippen LogP contribution in [0.3, 0.4) is 0 Å². The number of methoxy groups -OCH3 is 3. The minimum atomic E-state index is -0.0709. The summed E-state index contributed by atoms with van der Waals surface area (Å²) in [5, 5.41) is 0.668. The van der Waals surface area contributed by atoms with Crippen molar-refractivity contribution in [2.75, 3.05) is 33.6 Å². The number of nitrogen functional groups attached to an aromatic ring is 1. The minimum absolute atomic E-state index is 0.00588. The molecule has 3 heterocycles. The first-order valence-corrected chi connectivity index (χ1v) is 11.3. The highest BCUT2D eigenvalue weighted by atomic mass is 16.5. The van der Waals surface area contributed by atoms with Crippen LogP contribution in [0.2, 0.25) is 0 Å². The highest BCUT2D eigenvalue weighted by molar-refractivity contribution is 5.94. The van der Waals surface area contributed by atoms with Crippen LogP contribution in [0.5, 0.6) is 11.5 Å². The average molecular weight is 476 g/mol. The number of carbonyl (C=O) groups is 1. The van der Waals surface area contributed by atoms with Crippen LogP contribution in [0.1, 0.15) is 29.7 Å². The maximum Gasteiger partial charge on any atom is 0.246 e. The zero-order chi connectivity index (χ0) is 24.9. The topological polar surface area (TPSA) is 105 Å². The lowest BCUT2D eigenvalue weighted by Crippen LogP contribution is -2.37. The van der Waals surface area contributed by atoms with Crippen molar-refractivity contribution in [3.8, 4) is 23.3 Å². The molecule has 0 spiro atoms. The van der Waals surface area contributed by atoms with Crippen molar-refractivity contribution >= 4 is 22.8 Å². The SMILES string of the molecule is C=CC(=O)N1CCCC1Cn1c(COC)c(C#Cc2cc(OC)cc(OC)c2)c2c(N)ncnc21. The van der Waals surface area contributed by atoms with Gasteiger partial charge in [-0.1, -0.05) is 18.4 Å². The van der Waals surface area contributed by atoms with Crippen molar-refractivity contribution in [1.29, 1.82) is 0 Å². The Balaban J connectivity index is 1.85. The molecule has 1 fully saturated rings. The molecule has 1 unspecified atom stereocenters. The van der Waals surface area contributed by atoms with Gasteiger partial charge in [0.05, 0.1) is 43.5 Å². The Morgan fingerprint density at radius 2 is 1.94 bits per heavy atom. The van der Waals surface area contributed by atoms with Crippen molar-refractivity contribution in [2.45, 2.75) is 32.0 Å². The molecule has 35 heavy (non-hydrogen) atoms. The summed E-state index contributed by atoms with van der Waals surface area (Å²) in [5.74, 6) is 8.03. The number of ether oxygens (including phenoxy) is 3. The molecule has 1 atom stereocenters. The van der Waals surface area contributed by atoms with Crippen molar-refractivity contribution in [2.24, 2.45) is 0 Å². The molecule has 9 heteroatoms. The molecule has 0 bridgehead atoms. The predicted octanol–water partition coefficient (Wildman–Crippen LogP) is 2.75. The maximum absolute atomic E-state index is 12.4. The lowest BCUT2D eigenvalue weighted by Gasteiger charge is -2.25. The van der Waals surface area contributed by atoms with Gasteiger partial charge in [-0.25, -0.2) is 9.97 Å². The minimum Gasteiger partial charge on any atom is -0.497 e. The molecule has 2 N–H and O–H groups in total. The zero-order valence-electron chi connectivity index (χ0n) is 20.2. The monoisotopic (exact) mass is 475 g/mol. The fourth-order valence-corrected chi connectivity index (χ4v) is 4.52. The van der Waals surface area contributed by atoms with Gasteiger partial charge in [0.25, 0.3) is 0 Å². The van der Waals surface area contributed by atoms with Gasteiger partial charge in [0.15, 0.2) is 0 Å².